The van der Waals surface area contributed by atoms with Crippen LogP contribution in [-0.2, 0) is 0 Å². The number of benzene rings is 2. The third-order valence-corrected chi connectivity index (χ3v) is 7.37. The number of nitrogens with zero attached hydrogens (tertiary/aromatic N) is 5. The van der Waals surface area contributed by atoms with Gasteiger partial charge in [0.25, 0.3) is 0 Å². The van der Waals surface area contributed by atoms with Gasteiger partial charge in [0.15, 0.2) is 0 Å². The molecule has 7 heteroatoms. The van der Waals surface area contributed by atoms with Crippen molar-refractivity contribution in [2.24, 2.45) is 0 Å². The van der Waals surface area contributed by atoms with E-state index >= 15 is 0 Å². The van der Waals surface area contributed by atoms with Crippen LogP contribution in [0.15, 0.2) is 42.5 Å². The molecule has 1 aliphatic carbocycles. The van der Waals surface area contributed by atoms with Crippen LogP contribution < -0.4 is 15.5 Å². The predicted molar refractivity (Wildman–Crippen MR) is 141 cm³/mol. The zero-order chi connectivity index (χ0) is 23.3. The Morgan fingerprint density at radius 1 is 0.824 bits per heavy atom. The molecule has 1 saturated carbocycles. The van der Waals surface area contributed by atoms with Gasteiger partial charge in [-0.2, -0.15) is 15.0 Å². The Morgan fingerprint density at radius 2 is 1.53 bits per heavy atom. The van der Waals surface area contributed by atoms with Gasteiger partial charge in [-0.25, -0.2) is 0 Å². The highest BCUT2D eigenvalue weighted by molar-refractivity contribution is 5.86. The van der Waals surface area contributed by atoms with Crippen LogP contribution in [0.2, 0.25) is 0 Å². The van der Waals surface area contributed by atoms with Gasteiger partial charge in [0.05, 0.1) is 0 Å². The van der Waals surface area contributed by atoms with Gasteiger partial charge in [-0.15, -0.1) is 0 Å². The molecule has 0 amide bonds. The summed E-state index contributed by atoms with van der Waals surface area (Å²) in [6, 6.07) is 15.6. The van der Waals surface area contributed by atoms with Crippen molar-refractivity contribution in [3.05, 3.63) is 42.5 Å². The summed E-state index contributed by atoms with van der Waals surface area (Å²) < 4.78 is 0. The summed E-state index contributed by atoms with van der Waals surface area (Å²) in [5, 5.41) is 9.49. The Balaban J connectivity index is 1.41. The van der Waals surface area contributed by atoms with Gasteiger partial charge in [0.2, 0.25) is 17.8 Å². The lowest BCUT2D eigenvalue weighted by molar-refractivity contribution is 0.263. The second-order valence-corrected chi connectivity index (χ2v) is 9.95. The molecule has 0 atom stereocenters. The van der Waals surface area contributed by atoms with E-state index in [1.165, 1.54) is 49.3 Å². The maximum Gasteiger partial charge on any atom is 0.233 e. The van der Waals surface area contributed by atoms with Gasteiger partial charge in [0.1, 0.15) is 0 Å². The summed E-state index contributed by atoms with van der Waals surface area (Å²) in [6.45, 7) is 2.19. The Morgan fingerprint density at radius 3 is 2.29 bits per heavy atom. The fourth-order valence-electron chi connectivity index (χ4n) is 5.18. The van der Waals surface area contributed by atoms with Gasteiger partial charge >= 0.3 is 0 Å². The number of nitrogens with one attached hydrogen (secondary N) is 2. The Hall–Kier alpha value is -2.93. The molecule has 2 aromatic carbocycles. The molecule has 1 saturated heterocycles. The first kappa shape index (κ1) is 22.8. The second-order valence-electron chi connectivity index (χ2n) is 9.95. The smallest absolute Gasteiger partial charge is 0.233 e. The highest BCUT2D eigenvalue weighted by Crippen LogP contribution is 2.27. The van der Waals surface area contributed by atoms with E-state index in [2.05, 4.69) is 77.0 Å². The van der Waals surface area contributed by atoms with Crippen molar-refractivity contribution in [1.82, 2.24) is 19.9 Å². The van der Waals surface area contributed by atoms with Crippen molar-refractivity contribution < 1.29 is 0 Å². The molecule has 2 heterocycles. The average Bonchev–Trinajstić information content (AvgIpc) is 3.14. The van der Waals surface area contributed by atoms with E-state index in [1.54, 1.807) is 0 Å². The van der Waals surface area contributed by atoms with E-state index in [0.717, 1.165) is 37.6 Å². The Kier molecular flexibility index (Phi) is 7.09. The monoisotopic (exact) mass is 459 g/mol. The highest BCUT2D eigenvalue weighted by Gasteiger charge is 2.22. The van der Waals surface area contributed by atoms with Crippen molar-refractivity contribution >= 4 is 34.3 Å². The van der Waals surface area contributed by atoms with E-state index in [9.17, 15) is 0 Å². The summed E-state index contributed by atoms with van der Waals surface area (Å²) >= 11 is 0. The molecule has 2 fully saturated rings. The summed E-state index contributed by atoms with van der Waals surface area (Å²) in [6.07, 6.45) is 9.83. The summed E-state index contributed by atoms with van der Waals surface area (Å²) in [5.74, 6) is 2.01. The van der Waals surface area contributed by atoms with Crippen molar-refractivity contribution in [1.29, 1.82) is 0 Å². The lowest BCUT2D eigenvalue weighted by Gasteiger charge is -2.30. The number of rotatable bonds is 6. The molecule has 1 aromatic heterocycles. The number of likely N-dealkylation sites (tertiary alicyclic amines) is 1. The number of hydrogen-bond donors (Lipinski definition) is 2. The molecule has 0 spiro atoms. The number of aromatic nitrogens is 3. The first-order chi connectivity index (χ1) is 16.6. The minimum atomic E-state index is 0.392. The summed E-state index contributed by atoms with van der Waals surface area (Å²) in [4.78, 5) is 19.2. The lowest BCUT2D eigenvalue weighted by atomic mass is 10.1. The minimum absolute atomic E-state index is 0.392. The molecule has 180 valence electrons. The number of fused-ring (bicyclic) bond motifs is 1. The van der Waals surface area contributed by atoms with Crippen LogP contribution in [0.1, 0.15) is 51.4 Å². The standard InChI is InChI=1S/C27H37N7/c1-33-17-15-22(16-18-33)28-25-30-26(29-23-14-13-20-9-7-8-10-21(20)19-23)32-27(31-25)34(2)24-11-5-3-4-6-12-24/h7-10,13-14,19,22,24H,3-6,11-12,15-18H2,1-2H3,(H2,28,29,30,31,32). The third-order valence-electron chi connectivity index (χ3n) is 7.37. The molecule has 0 radical (unpaired) electrons. The van der Waals surface area contributed by atoms with Crippen LogP contribution in [-0.4, -0.2) is 59.1 Å². The van der Waals surface area contributed by atoms with Gasteiger partial charge in [0, 0.05) is 24.8 Å². The normalized spacial score (nSPS) is 18.5. The van der Waals surface area contributed by atoms with E-state index < -0.39 is 0 Å². The number of hydrogen-bond acceptors (Lipinski definition) is 7. The molecule has 34 heavy (non-hydrogen) atoms. The van der Waals surface area contributed by atoms with Crippen LogP contribution in [0.3, 0.4) is 0 Å². The molecule has 0 unspecified atom stereocenters. The highest BCUT2D eigenvalue weighted by atomic mass is 15.3. The lowest BCUT2D eigenvalue weighted by Crippen LogP contribution is -2.37. The number of piperidine rings is 1. The maximum atomic E-state index is 4.88. The SMILES string of the molecule is CN1CCC(Nc2nc(Nc3ccc4ccccc4c3)nc(N(C)C3CCCCCC3)n2)CC1. The molecule has 7 nitrogen and oxygen atoms in total. The fourth-order valence-corrected chi connectivity index (χ4v) is 5.18. The van der Waals surface area contributed by atoms with E-state index in [1.807, 2.05) is 0 Å². The first-order valence-electron chi connectivity index (χ1n) is 12.8. The maximum absolute atomic E-state index is 4.88. The van der Waals surface area contributed by atoms with E-state index in [4.69, 9.17) is 15.0 Å². The third kappa shape index (κ3) is 5.58. The number of anilines is 4. The van der Waals surface area contributed by atoms with Crippen molar-refractivity contribution in [3.63, 3.8) is 0 Å². The molecule has 3 aromatic rings. The largest absolute Gasteiger partial charge is 0.351 e. The van der Waals surface area contributed by atoms with Crippen LogP contribution in [0.4, 0.5) is 23.5 Å². The molecule has 2 aliphatic rings. The first-order valence-corrected chi connectivity index (χ1v) is 12.8. The average molecular weight is 460 g/mol. The van der Waals surface area contributed by atoms with Crippen molar-refractivity contribution in [3.8, 4) is 0 Å². The van der Waals surface area contributed by atoms with Gasteiger partial charge in [-0.1, -0.05) is 56.0 Å². The van der Waals surface area contributed by atoms with E-state index in [0.29, 0.717) is 24.0 Å². The molecule has 5 rings (SSSR count). The zero-order valence-corrected chi connectivity index (χ0v) is 20.5. The second kappa shape index (κ2) is 10.6. The molecule has 2 N–H and O–H groups in total. The minimum Gasteiger partial charge on any atom is -0.351 e. The van der Waals surface area contributed by atoms with Gasteiger partial charge in [-0.05, 0) is 68.7 Å². The fraction of sp³-hybridized carbons (Fsp3) is 0.519. The predicted octanol–water partition coefficient (Wildman–Crippen LogP) is 5.43. The quantitative estimate of drug-likeness (QED) is 0.476. The summed E-state index contributed by atoms with van der Waals surface area (Å²) in [5.41, 5.74) is 0.984. The van der Waals surface area contributed by atoms with Crippen molar-refractivity contribution in [2.45, 2.75) is 63.5 Å². The van der Waals surface area contributed by atoms with Crippen LogP contribution in [0, 0.1) is 0 Å². The Bertz CT molecular complexity index is 1090. The van der Waals surface area contributed by atoms with Gasteiger partial charge in [-0.3, -0.25) is 0 Å². The van der Waals surface area contributed by atoms with Crippen molar-refractivity contribution in [2.75, 3.05) is 42.7 Å². The van der Waals surface area contributed by atoms with Crippen LogP contribution >= 0.6 is 0 Å². The van der Waals surface area contributed by atoms with E-state index in [-0.39, 0.29) is 0 Å². The van der Waals surface area contributed by atoms with Gasteiger partial charge < -0.3 is 20.4 Å². The Labute approximate surface area is 203 Å². The van der Waals surface area contributed by atoms with Crippen LogP contribution in [0.25, 0.3) is 10.8 Å². The molecular weight excluding hydrogens is 422 g/mol. The zero-order valence-electron chi connectivity index (χ0n) is 20.5. The molecule has 0 bridgehead atoms. The molecule has 1 aliphatic heterocycles. The van der Waals surface area contributed by atoms with Crippen LogP contribution in [0.5, 0.6) is 0 Å². The molecular formula is C27H37N7. The topological polar surface area (TPSA) is 69.2 Å². The summed E-state index contributed by atoms with van der Waals surface area (Å²) in [7, 11) is 4.33.